The molecular formula is C13H22O. The molecule has 1 aliphatic rings. The van der Waals surface area contributed by atoms with Crippen LogP contribution < -0.4 is 0 Å². The van der Waals surface area contributed by atoms with Gasteiger partial charge in [0.05, 0.1) is 5.60 Å². The summed E-state index contributed by atoms with van der Waals surface area (Å²) in [5.41, 5.74) is -0.601. The molecule has 1 rings (SSSR count). The van der Waals surface area contributed by atoms with Gasteiger partial charge < -0.3 is 5.11 Å². The van der Waals surface area contributed by atoms with E-state index >= 15 is 0 Å². The summed E-state index contributed by atoms with van der Waals surface area (Å²) in [4.78, 5) is 0. The Balaban J connectivity index is 2.41. The largest absolute Gasteiger partial charge is 0.386 e. The van der Waals surface area contributed by atoms with E-state index in [1.807, 2.05) is 13.0 Å². The Morgan fingerprint density at radius 3 is 2.86 bits per heavy atom. The van der Waals surface area contributed by atoms with Crippen LogP contribution in [0.4, 0.5) is 0 Å². The minimum Gasteiger partial charge on any atom is -0.386 e. The first-order valence-electron chi connectivity index (χ1n) is 5.71. The molecule has 0 heterocycles. The van der Waals surface area contributed by atoms with E-state index in [0.717, 1.165) is 19.3 Å². The molecule has 0 aliphatic heterocycles. The molecule has 0 spiro atoms. The van der Waals surface area contributed by atoms with Gasteiger partial charge in [0.25, 0.3) is 0 Å². The van der Waals surface area contributed by atoms with Gasteiger partial charge in [0.15, 0.2) is 0 Å². The smallest absolute Gasteiger partial charge is 0.0799 e. The van der Waals surface area contributed by atoms with Crippen molar-refractivity contribution in [3.05, 3.63) is 24.3 Å². The number of rotatable bonds is 4. The van der Waals surface area contributed by atoms with Gasteiger partial charge in [-0.15, -0.1) is 0 Å². The second-order valence-corrected chi connectivity index (χ2v) is 4.51. The minimum absolute atomic E-state index is 0.601. The standard InChI is InChI=1S/C13H22O/c1-3-10-13(2,14)11-9-12-7-5-4-6-8-12/h4-5,9,11-12,14H,3,6-8,10H2,1-2H3/b11-9+. The molecule has 1 heteroatoms. The highest BCUT2D eigenvalue weighted by molar-refractivity contribution is 5.04. The van der Waals surface area contributed by atoms with Crippen molar-refractivity contribution in [1.82, 2.24) is 0 Å². The fraction of sp³-hybridized carbons (Fsp3) is 0.692. The average Bonchev–Trinajstić information content (AvgIpc) is 2.17. The molecular weight excluding hydrogens is 172 g/mol. The van der Waals surface area contributed by atoms with Crippen LogP contribution in [0.5, 0.6) is 0 Å². The summed E-state index contributed by atoms with van der Waals surface area (Å²) < 4.78 is 0. The van der Waals surface area contributed by atoms with E-state index in [4.69, 9.17) is 0 Å². The Bertz CT molecular complexity index is 213. The zero-order valence-electron chi connectivity index (χ0n) is 9.37. The highest BCUT2D eigenvalue weighted by Crippen LogP contribution is 2.22. The number of hydrogen-bond donors (Lipinski definition) is 1. The first kappa shape index (κ1) is 11.5. The van der Waals surface area contributed by atoms with Crippen LogP contribution in [0.3, 0.4) is 0 Å². The molecule has 0 saturated carbocycles. The number of hydrogen-bond acceptors (Lipinski definition) is 1. The zero-order chi connectivity index (χ0) is 10.4. The molecule has 0 fully saturated rings. The molecule has 80 valence electrons. The van der Waals surface area contributed by atoms with Crippen LogP contribution in [0.2, 0.25) is 0 Å². The first-order valence-corrected chi connectivity index (χ1v) is 5.71. The number of aliphatic hydroxyl groups is 1. The minimum atomic E-state index is -0.601. The Morgan fingerprint density at radius 2 is 2.29 bits per heavy atom. The van der Waals surface area contributed by atoms with Crippen LogP contribution in [0.25, 0.3) is 0 Å². The summed E-state index contributed by atoms with van der Waals surface area (Å²) in [5.74, 6) is 0.642. The summed E-state index contributed by atoms with van der Waals surface area (Å²) in [6, 6.07) is 0. The van der Waals surface area contributed by atoms with Gasteiger partial charge >= 0.3 is 0 Å². The van der Waals surface area contributed by atoms with E-state index in [0.29, 0.717) is 5.92 Å². The lowest BCUT2D eigenvalue weighted by atomic mass is 9.91. The van der Waals surface area contributed by atoms with Crippen LogP contribution in [0, 0.1) is 5.92 Å². The fourth-order valence-corrected chi connectivity index (χ4v) is 1.92. The summed E-state index contributed by atoms with van der Waals surface area (Å²) in [5, 5.41) is 9.94. The molecule has 1 nitrogen and oxygen atoms in total. The molecule has 2 unspecified atom stereocenters. The summed E-state index contributed by atoms with van der Waals surface area (Å²) in [7, 11) is 0. The normalized spacial score (nSPS) is 26.6. The second-order valence-electron chi connectivity index (χ2n) is 4.51. The first-order chi connectivity index (χ1) is 6.64. The van der Waals surface area contributed by atoms with Gasteiger partial charge in [0.1, 0.15) is 0 Å². The molecule has 0 bridgehead atoms. The van der Waals surface area contributed by atoms with Crippen molar-refractivity contribution in [3.63, 3.8) is 0 Å². The van der Waals surface area contributed by atoms with Crippen LogP contribution in [0.1, 0.15) is 46.0 Å². The molecule has 1 N–H and O–H groups in total. The maximum absolute atomic E-state index is 9.94. The highest BCUT2D eigenvalue weighted by atomic mass is 16.3. The third-order valence-corrected chi connectivity index (χ3v) is 2.79. The zero-order valence-corrected chi connectivity index (χ0v) is 9.37. The predicted molar refractivity (Wildman–Crippen MR) is 61.2 cm³/mol. The lowest BCUT2D eigenvalue weighted by Crippen LogP contribution is -2.20. The molecule has 14 heavy (non-hydrogen) atoms. The van der Waals surface area contributed by atoms with Gasteiger partial charge in [-0.2, -0.15) is 0 Å². The van der Waals surface area contributed by atoms with Crippen molar-refractivity contribution in [1.29, 1.82) is 0 Å². The van der Waals surface area contributed by atoms with E-state index in [9.17, 15) is 5.11 Å². The molecule has 1 aliphatic carbocycles. The molecule has 0 aromatic rings. The maximum atomic E-state index is 9.94. The second kappa shape index (κ2) is 5.35. The maximum Gasteiger partial charge on any atom is 0.0799 e. The van der Waals surface area contributed by atoms with Gasteiger partial charge in [-0.3, -0.25) is 0 Å². The van der Waals surface area contributed by atoms with Gasteiger partial charge in [-0.05, 0) is 38.5 Å². The van der Waals surface area contributed by atoms with Crippen LogP contribution >= 0.6 is 0 Å². The SMILES string of the molecule is CCCC(C)(O)/C=C/C1CC=CCC1. The van der Waals surface area contributed by atoms with E-state index in [2.05, 4.69) is 25.2 Å². The summed E-state index contributed by atoms with van der Waals surface area (Å²) >= 11 is 0. The van der Waals surface area contributed by atoms with Gasteiger partial charge in [-0.1, -0.05) is 37.6 Å². The Kier molecular flexibility index (Phi) is 4.40. The molecule has 0 radical (unpaired) electrons. The van der Waals surface area contributed by atoms with E-state index in [1.165, 1.54) is 12.8 Å². The van der Waals surface area contributed by atoms with Crippen molar-refractivity contribution in [3.8, 4) is 0 Å². The summed E-state index contributed by atoms with van der Waals surface area (Å²) in [6.45, 7) is 4.00. The Hall–Kier alpha value is -0.560. The monoisotopic (exact) mass is 194 g/mol. The molecule has 0 saturated heterocycles. The lowest BCUT2D eigenvalue weighted by Gasteiger charge is -2.20. The van der Waals surface area contributed by atoms with Crippen LogP contribution in [0.15, 0.2) is 24.3 Å². The van der Waals surface area contributed by atoms with E-state index in [1.54, 1.807) is 0 Å². The van der Waals surface area contributed by atoms with Gasteiger partial charge in [-0.25, -0.2) is 0 Å². The average molecular weight is 194 g/mol. The van der Waals surface area contributed by atoms with Gasteiger partial charge in [0.2, 0.25) is 0 Å². The van der Waals surface area contributed by atoms with E-state index < -0.39 is 5.60 Å². The topological polar surface area (TPSA) is 20.2 Å². The fourth-order valence-electron chi connectivity index (χ4n) is 1.92. The summed E-state index contributed by atoms with van der Waals surface area (Å²) in [6.07, 6.45) is 14.1. The molecule has 0 aromatic carbocycles. The Morgan fingerprint density at radius 1 is 1.50 bits per heavy atom. The van der Waals surface area contributed by atoms with Crippen molar-refractivity contribution in [2.75, 3.05) is 0 Å². The third-order valence-electron chi connectivity index (χ3n) is 2.79. The third kappa shape index (κ3) is 4.10. The van der Waals surface area contributed by atoms with E-state index in [-0.39, 0.29) is 0 Å². The van der Waals surface area contributed by atoms with Crippen molar-refractivity contribution >= 4 is 0 Å². The quantitative estimate of drug-likeness (QED) is 0.680. The Labute approximate surface area is 87.5 Å². The lowest BCUT2D eigenvalue weighted by molar-refractivity contribution is 0.100. The van der Waals surface area contributed by atoms with Crippen molar-refractivity contribution in [2.45, 2.75) is 51.6 Å². The van der Waals surface area contributed by atoms with Gasteiger partial charge in [0, 0.05) is 0 Å². The van der Waals surface area contributed by atoms with Crippen molar-refractivity contribution < 1.29 is 5.11 Å². The highest BCUT2D eigenvalue weighted by Gasteiger charge is 2.15. The predicted octanol–water partition coefficient (Wildman–Crippen LogP) is 3.45. The molecule has 0 aromatic heterocycles. The molecule has 2 atom stereocenters. The molecule has 0 amide bonds. The van der Waals surface area contributed by atoms with Crippen LogP contribution in [-0.4, -0.2) is 10.7 Å². The number of allylic oxidation sites excluding steroid dienone is 3. The van der Waals surface area contributed by atoms with Crippen molar-refractivity contribution in [2.24, 2.45) is 5.92 Å². The van der Waals surface area contributed by atoms with Crippen LogP contribution in [-0.2, 0) is 0 Å².